The predicted molar refractivity (Wildman–Crippen MR) is 78.3 cm³/mol. The normalized spacial score (nSPS) is 13.0. The maximum absolute atomic E-state index is 11.8. The van der Waals surface area contributed by atoms with Gasteiger partial charge in [-0.1, -0.05) is 6.07 Å². The molecule has 1 aromatic carbocycles. The molecule has 2 atom stereocenters. The van der Waals surface area contributed by atoms with E-state index in [1.165, 1.54) is 14.2 Å². The Morgan fingerprint density at radius 2 is 1.95 bits per heavy atom. The molecular formula is C14H21N3O4. The number of urea groups is 1. The van der Waals surface area contributed by atoms with E-state index < -0.39 is 18.0 Å². The largest absolute Gasteiger partial charge is 0.497 e. The van der Waals surface area contributed by atoms with E-state index in [-0.39, 0.29) is 6.04 Å². The van der Waals surface area contributed by atoms with Crippen molar-refractivity contribution in [1.29, 1.82) is 0 Å². The number of hydrogen-bond acceptors (Lipinski definition) is 5. The number of ether oxygens (including phenoxy) is 2. The second kappa shape index (κ2) is 7.49. The summed E-state index contributed by atoms with van der Waals surface area (Å²) >= 11 is 0. The molecule has 0 fully saturated rings. The van der Waals surface area contributed by atoms with Gasteiger partial charge in [-0.25, -0.2) is 4.79 Å². The summed E-state index contributed by atoms with van der Waals surface area (Å²) in [5.74, 6) is 0.491. The SMILES string of the molecule is CNC(=O)NC(=O)C(C)Oc1cc(OC)ccc1[C@@H](C)N. The smallest absolute Gasteiger partial charge is 0.321 e. The van der Waals surface area contributed by atoms with Crippen molar-refractivity contribution in [1.82, 2.24) is 10.6 Å². The van der Waals surface area contributed by atoms with Crippen LogP contribution in [0.2, 0.25) is 0 Å². The molecule has 0 aliphatic rings. The van der Waals surface area contributed by atoms with Crippen LogP contribution >= 0.6 is 0 Å². The number of carbonyl (C=O) groups is 2. The van der Waals surface area contributed by atoms with Crippen molar-refractivity contribution in [3.8, 4) is 11.5 Å². The van der Waals surface area contributed by atoms with Gasteiger partial charge < -0.3 is 20.5 Å². The second-order valence-corrected chi connectivity index (χ2v) is 4.52. The van der Waals surface area contributed by atoms with Crippen molar-refractivity contribution in [3.63, 3.8) is 0 Å². The molecular weight excluding hydrogens is 274 g/mol. The van der Waals surface area contributed by atoms with Gasteiger partial charge in [-0.05, 0) is 19.9 Å². The Balaban J connectivity index is 2.89. The Labute approximate surface area is 123 Å². The Morgan fingerprint density at radius 3 is 2.48 bits per heavy atom. The number of benzene rings is 1. The van der Waals surface area contributed by atoms with Crippen LogP contribution in [0.3, 0.4) is 0 Å². The lowest BCUT2D eigenvalue weighted by Crippen LogP contribution is -2.44. The first-order valence-electron chi connectivity index (χ1n) is 6.51. The first kappa shape index (κ1) is 16.8. The standard InChI is InChI=1S/C14H21N3O4/c1-8(15)11-6-5-10(20-4)7-12(11)21-9(2)13(18)17-14(19)16-3/h5-9H,15H2,1-4H3,(H2,16,17,18,19)/t8-,9?/m1/s1. The Kier molecular flexibility index (Phi) is 5.98. The minimum absolute atomic E-state index is 0.264. The third kappa shape index (κ3) is 4.64. The average Bonchev–Trinajstić information content (AvgIpc) is 2.46. The van der Waals surface area contributed by atoms with Crippen LogP contribution in [-0.2, 0) is 4.79 Å². The Hall–Kier alpha value is -2.28. The van der Waals surface area contributed by atoms with Crippen molar-refractivity contribution in [3.05, 3.63) is 23.8 Å². The summed E-state index contributed by atoms with van der Waals surface area (Å²) in [7, 11) is 2.96. The molecule has 1 aromatic rings. The molecule has 3 amide bonds. The van der Waals surface area contributed by atoms with Crippen LogP contribution in [0.4, 0.5) is 4.79 Å². The molecule has 0 bridgehead atoms. The predicted octanol–water partition coefficient (Wildman–Crippen LogP) is 0.938. The number of amides is 3. The number of imide groups is 1. The van der Waals surface area contributed by atoms with Gasteiger partial charge in [-0.3, -0.25) is 10.1 Å². The number of carbonyl (C=O) groups excluding carboxylic acids is 2. The van der Waals surface area contributed by atoms with Crippen LogP contribution in [0.15, 0.2) is 18.2 Å². The first-order chi connectivity index (χ1) is 9.88. The quantitative estimate of drug-likeness (QED) is 0.750. The van der Waals surface area contributed by atoms with Gasteiger partial charge in [0.2, 0.25) is 0 Å². The monoisotopic (exact) mass is 295 g/mol. The van der Waals surface area contributed by atoms with E-state index >= 15 is 0 Å². The van der Waals surface area contributed by atoms with E-state index in [9.17, 15) is 9.59 Å². The van der Waals surface area contributed by atoms with Crippen LogP contribution < -0.4 is 25.8 Å². The van der Waals surface area contributed by atoms with Gasteiger partial charge in [0.25, 0.3) is 5.91 Å². The van der Waals surface area contributed by atoms with Crippen molar-refractivity contribution >= 4 is 11.9 Å². The molecule has 0 spiro atoms. The molecule has 21 heavy (non-hydrogen) atoms. The fourth-order valence-electron chi connectivity index (χ4n) is 1.64. The fraction of sp³-hybridized carbons (Fsp3) is 0.429. The van der Waals surface area contributed by atoms with Crippen molar-refractivity contribution < 1.29 is 19.1 Å². The van der Waals surface area contributed by atoms with E-state index in [1.54, 1.807) is 25.1 Å². The molecule has 0 aliphatic heterocycles. The average molecular weight is 295 g/mol. The van der Waals surface area contributed by atoms with Gasteiger partial charge in [0, 0.05) is 24.7 Å². The summed E-state index contributed by atoms with van der Waals surface area (Å²) in [5, 5.41) is 4.45. The van der Waals surface area contributed by atoms with E-state index in [4.69, 9.17) is 15.2 Å². The van der Waals surface area contributed by atoms with Gasteiger partial charge in [0.05, 0.1) is 7.11 Å². The van der Waals surface area contributed by atoms with Crippen LogP contribution in [-0.4, -0.2) is 32.2 Å². The summed E-state index contributed by atoms with van der Waals surface area (Å²) < 4.78 is 10.7. The van der Waals surface area contributed by atoms with Gasteiger partial charge in [-0.15, -0.1) is 0 Å². The lowest BCUT2D eigenvalue weighted by molar-refractivity contribution is -0.126. The number of hydrogen-bond donors (Lipinski definition) is 3. The van der Waals surface area contributed by atoms with Crippen molar-refractivity contribution in [2.45, 2.75) is 26.0 Å². The second-order valence-electron chi connectivity index (χ2n) is 4.52. The van der Waals surface area contributed by atoms with Crippen LogP contribution in [0.1, 0.15) is 25.5 Å². The summed E-state index contributed by atoms with van der Waals surface area (Å²) in [6, 6.07) is 4.35. The van der Waals surface area contributed by atoms with E-state index in [1.807, 2.05) is 6.92 Å². The van der Waals surface area contributed by atoms with Crippen LogP contribution in [0.25, 0.3) is 0 Å². The highest BCUT2D eigenvalue weighted by Gasteiger charge is 2.19. The minimum Gasteiger partial charge on any atom is -0.497 e. The zero-order valence-electron chi connectivity index (χ0n) is 12.6. The maximum Gasteiger partial charge on any atom is 0.321 e. The fourth-order valence-corrected chi connectivity index (χ4v) is 1.64. The molecule has 7 heteroatoms. The van der Waals surface area contributed by atoms with Crippen molar-refractivity contribution in [2.24, 2.45) is 5.73 Å². The molecule has 0 aliphatic carbocycles. The number of methoxy groups -OCH3 is 1. The molecule has 0 heterocycles. The molecule has 4 N–H and O–H groups in total. The van der Waals surface area contributed by atoms with E-state index in [0.717, 1.165) is 5.56 Å². The molecule has 0 saturated carbocycles. The highest BCUT2D eigenvalue weighted by molar-refractivity contribution is 5.96. The third-order valence-corrected chi connectivity index (χ3v) is 2.85. The molecule has 116 valence electrons. The molecule has 0 saturated heterocycles. The molecule has 7 nitrogen and oxygen atoms in total. The Bertz CT molecular complexity index is 517. The minimum atomic E-state index is -0.855. The highest BCUT2D eigenvalue weighted by atomic mass is 16.5. The highest BCUT2D eigenvalue weighted by Crippen LogP contribution is 2.29. The lowest BCUT2D eigenvalue weighted by atomic mass is 10.1. The zero-order chi connectivity index (χ0) is 16.0. The summed E-state index contributed by atoms with van der Waals surface area (Å²) in [6.07, 6.45) is -0.855. The molecule has 0 radical (unpaired) electrons. The van der Waals surface area contributed by atoms with Gasteiger partial charge >= 0.3 is 6.03 Å². The first-order valence-corrected chi connectivity index (χ1v) is 6.51. The maximum atomic E-state index is 11.8. The van der Waals surface area contributed by atoms with Crippen LogP contribution in [0, 0.1) is 0 Å². The zero-order valence-corrected chi connectivity index (χ0v) is 12.6. The summed E-state index contributed by atoms with van der Waals surface area (Å²) in [4.78, 5) is 22.9. The van der Waals surface area contributed by atoms with Gasteiger partial charge in [0.1, 0.15) is 11.5 Å². The number of rotatable bonds is 5. The van der Waals surface area contributed by atoms with Gasteiger partial charge in [0.15, 0.2) is 6.10 Å². The van der Waals surface area contributed by atoms with Gasteiger partial charge in [-0.2, -0.15) is 0 Å². The number of nitrogens with one attached hydrogen (secondary N) is 2. The third-order valence-electron chi connectivity index (χ3n) is 2.85. The summed E-state index contributed by atoms with van der Waals surface area (Å²) in [6.45, 7) is 3.35. The van der Waals surface area contributed by atoms with E-state index in [0.29, 0.717) is 11.5 Å². The van der Waals surface area contributed by atoms with Crippen LogP contribution in [0.5, 0.6) is 11.5 Å². The van der Waals surface area contributed by atoms with Crippen molar-refractivity contribution in [2.75, 3.05) is 14.2 Å². The molecule has 1 unspecified atom stereocenters. The summed E-state index contributed by atoms with van der Waals surface area (Å²) in [5.41, 5.74) is 6.62. The topological polar surface area (TPSA) is 103 Å². The van der Waals surface area contributed by atoms with E-state index in [2.05, 4.69) is 10.6 Å². The molecule has 0 aromatic heterocycles. The number of nitrogens with two attached hydrogens (primary N) is 1. The molecule has 1 rings (SSSR count). The lowest BCUT2D eigenvalue weighted by Gasteiger charge is -2.19. The Morgan fingerprint density at radius 1 is 1.29 bits per heavy atom.